The van der Waals surface area contributed by atoms with Crippen molar-refractivity contribution in [1.82, 2.24) is 5.32 Å². The molecule has 0 spiro atoms. The summed E-state index contributed by atoms with van der Waals surface area (Å²) >= 11 is 0. The number of amides is 1. The number of carboxylic acids is 1. The van der Waals surface area contributed by atoms with E-state index in [1.807, 2.05) is 36.4 Å². The molecular weight excluding hydrogens is 306 g/mol. The molecule has 1 saturated heterocycles. The van der Waals surface area contributed by atoms with Crippen molar-refractivity contribution in [3.05, 3.63) is 42.0 Å². The highest BCUT2D eigenvalue weighted by atomic mass is 16.5. The van der Waals surface area contributed by atoms with Gasteiger partial charge in [0.1, 0.15) is 5.75 Å². The number of fused-ring (bicyclic) bond motifs is 1. The molecule has 1 atom stereocenters. The highest BCUT2D eigenvalue weighted by Crippen LogP contribution is 2.34. The molecule has 1 heterocycles. The van der Waals surface area contributed by atoms with Crippen LogP contribution in [0.3, 0.4) is 0 Å². The number of aliphatic carboxylic acids is 1. The lowest BCUT2D eigenvalue weighted by atomic mass is 9.83. The predicted molar refractivity (Wildman–Crippen MR) is 91.2 cm³/mol. The van der Waals surface area contributed by atoms with Crippen molar-refractivity contribution in [2.75, 3.05) is 7.11 Å². The highest BCUT2D eigenvalue weighted by molar-refractivity contribution is 5.91. The van der Waals surface area contributed by atoms with Crippen LogP contribution in [0.15, 0.2) is 36.4 Å². The van der Waals surface area contributed by atoms with E-state index in [9.17, 15) is 9.59 Å². The summed E-state index contributed by atoms with van der Waals surface area (Å²) in [6, 6.07) is 11.9. The standard InChI is InChI=1S/C19H21NO4/c1-24-16-7-6-13(14-4-2-3-5-15(14)16)12-19(11-9-18(22)23)10-8-17(21)20-19/h2-7H,8-12H2,1H3,(H,20,21)(H,22,23)/t19-/m0/s1. The number of benzene rings is 2. The first-order chi connectivity index (χ1) is 11.5. The summed E-state index contributed by atoms with van der Waals surface area (Å²) in [5.74, 6) is -0.0299. The molecule has 2 N–H and O–H groups in total. The molecule has 0 aliphatic carbocycles. The smallest absolute Gasteiger partial charge is 0.303 e. The van der Waals surface area contributed by atoms with Crippen LogP contribution in [0.25, 0.3) is 10.8 Å². The van der Waals surface area contributed by atoms with E-state index < -0.39 is 11.5 Å². The summed E-state index contributed by atoms with van der Waals surface area (Å²) in [7, 11) is 1.65. The molecule has 1 amide bonds. The van der Waals surface area contributed by atoms with E-state index in [0.717, 1.165) is 22.1 Å². The predicted octanol–water partition coefficient (Wildman–Crippen LogP) is 2.90. The number of nitrogens with one attached hydrogen (secondary N) is 1. The Bertz CT molecular complexity index is 786. The molecule has 0 saturated carbocycles. The van der Waals surface area contributed by atoms with E-state index >= 15 is 0 Å². The molecule has 1 fully saturated rings. The van der Waals surface area contributed by atoms with E-state index in [4.69, 9.17) is 9.84 Å². The number of hydrogen-bond donors (Lipinski definition) is 2. The minimum atomic E-state index is -0.838. The van der Waals surface area contributed by atoms with E-state index in [2.05, 4.69) is 5.32 Å². The molecule has 2 aromatic carbocycles. The lowest BCUT2D eigenvalue weighted by Crippen LogP contribution is -2.44. The van der Waals surface area contributed by atoms with Crippen molar-refractivity contribution < 1.29 is 19.4 Å². The van der Waals surface area contributed by atoms with Crippen molar-refractivity contribution >= 4 is 22.6 Å². The first-order valence-corrected chi connectivity index (χ1v) is 8.10. The second-order valence-corrected chi connectivity index (χ2v) is 6.37. The fourth-order valence-electron chi connectivity index (χ4n) is 3.56. The van der Waals surface area contributed by atoms with Crippen molar-refractivity contribution in [3.8, 4) is 5.75 Å². The Morgan fingerprint density at radius 3 is 2.62 bits per heavy atom. The Kier molecular flexibility index (Phi) is 4.42. The molecule has 5 nitrogen and oxygen atoms in total. The molecule has 2 aromatic rings. The number of carboxylic acid groups (broad SMARTS) is 1. The second-order valence-electron chi connectivity index (χ2n) is 6.37. The van der Waals surface area contributed by atoms with Crippen molar-refractivity contribution in [1.29, 1.82) is 0 Å². The van der Waals surface area contributed by atoms with Crippen molar-refractivity contribution in [3.63, 3.8) is 0 Å². The molecule has 24 heavy (non-hydrogen) atoms. The van der Waals surface area contributed by atoms with Crippen LogP contribution < -0.4 is 10.1 Å². The third-order valence-electron chi connectivity index (χ3n) is 4.78. The van der Waals surface area contributed by atoms with Crippen LogP contribution in [0.5, 0.6) is 5.75 Å². The third-order valence-corrected chi connectivity index (χ3v) is 4.78. The van der Waals surface area contributed by atoms with Gasteiger partial charge in [0, 0.05) is 23.8 Å². The summed E-state index contributed by atoms with van der Waals surface area (Å²) in [6.07, 6.45) is 2.23. The summed E-state index contributed by atoms with van der Waals surface area (Å²) < 4.78 is 5.43. The lowest BCUT2D eigenvalue weighted by Gasteiger charge is -2.29. The molecule has 0 bridgehead atoms. The van der Waals surface area contributed by atoms with Gasteiger partial charge in [0.25, 0.3) is 0 Å². The summed E-state index contributed by atoms with van der Waals surface area (Å²) in [4.78, 5) is 22.8. The van der Waals surface area contributed by atoms with Crippen molar-refractivity contribution in [2.24, 2.45) is 0 Å². The van der Waals surface area contributed by atoms with Gasteiger partial charge in [-0.05, 0) is 36.3 Å². The number of carbonyl (C=O) groups is 2. The molecule has 5 heteroatoms. The molecule has 126 valence electrons. The van der Waals surface area contributed by atoms with E-state index in [1.54, 1.807) is 7.11 Å². The Morgan fingerprint density at radius 1 is 1.25 bits per heavy atom. The highest BCUT2D eigenvalue weighted by Gasteiger charge is 2.38. The second kappa shape index (κ2) is 6.51. The van der Waals surface area contributed by atoms with Gasteiger partial charge in [-0.2, -0.15) is 0 Å². The van der Waals surface area contributed by atoms with Crippen LogP contribution in [-0.2, 0) is 16.0 Å². The van der Waals surface area contributed by atoms with Gasteiger partial charge >= 0.3 is 5.97 Å². The van der Waals surface area contributed by atoms with E-state index in [-0.39, 0.29) is 12.3 Å². The zero-order chi connectivity index (χ0) is 17.2. The van der Waals surface area contributed by atoms with E-state index in [1.165, 1.54) is 0 Å². The topological polar surface area (TPSA) is 75.6 Å². The molecule has 1 aliphatic heterocycles. The quantitative estimate of drug-likeness (QED) is 0.855. The van der Waals surface area contributed by atoms with Gasteiger partial charge in [-0.1, -0.05) is 30.3 Å². The summed E-state index contributed by atoms with van der Waals surface area (Å²) in [5.41, 5.74) is 0.617. The maximum Gasteiger partial charge on any atom is 0.303 e. The fourth-order valence-corrected chi connectivity index (χ4v) is 3.56. The molecule has 3 rings (SSSR count). The molecule has 0 unspecified atom stereocenters. The Hall–Kier alpha value is -2.56. The normalized spacial score (nSPS) is 20.1. The largest absolute Gasteiger partial charge is 0.496 e. The number of hydrogen-bond acceptors (Lipinski definition) is 3. The van der Waals surface area contributed by atoms with Gasteiger partial charge < -0.3 is 15.2 Å². The summed E-state index contributed by atoms with van der Waals surface area (Å²) in [6.45, 7) is 0. The maximum atomic E-state index is 11.8. The average Bonchev–Trinajstić information content (AvgIpc) is 2.95. The van der Waals surface area contributed by atoms with E-state index in [0.29, 0.717) is 25.7 Å². The monoisotopic (exact) mass is 327 g/mol. The molecule has 0 aromatic heterocycles. The van der Waals surface area contributed by atoms with Crippen LogP contribution in [-0.4, -0.2) is 29.6 Å². The van der Waals surface area contributed by atoms with Crippen LogP contribution in [0.2, 0.25) is 0 Å². The molecule has 0 radical (unpaired) electrons. The zero-order valence-corrected chi connectivity index (χ0v) is 13.7. The third kappa shape index (κ3) is 3.20. The van der Waals surface area contributed by atoms with Gasteiger partial charge in [-0.25, -0.2) is 0 Å². The lowest BCUT2D eigenvalue weighted by molar-refractivity contribution is -0.137. The summed E-state index contributed by atoms with van der Waals surface area (Å²) in [5, 5.41) is 14.2. The number of carbonyl (C=O) groups excluding carboxylic acids is 1. The zero-order valence-electron chi connectivity index (χ0n) is 13.7. The number of methoxy groups -OCH3 is 1. The Labute approximate surface area is 140 Å². The number of ether oxygens (including phenoxy) is 1. The van der Waals surface area contributed by atoms with Gasteiger partial charge in [0.2, 0.25) is 5.91 Å². The molecule has 1 aliphatic rings. The average molecular weight is 327 g/mol. The minimum absolute atomic E-state index is 0.00166. The van der Waals surface area contributed by atoms with Gasteiger partial charge in [-0.15, -0.1) is 0 Å². The first-order valence-electron chi connectivity index (χ1n) is 8.10. The fraction of sp³-hybridized carbons (Fsp3) is 0.368. The van der Waals surface area contributed by atoms with Gasteiger partial charge in [0.05, 0.1) is 7.11 Å². The maximum absolute atomic E-state index is 11.8. The van der Waals surface area contributed by atoms with Crippen LogP contribution in [0, 0.1) is 0 Å². The number of rotatable bonds is 6. The van der Waals surface area contributed by atoms with Gasteiger partial charge in [0.15, 0.2) is 0 Å². The Balaban J connectivity index is 1.97. The minimum Gasteiger partial charge on any atom is -0.496 e. The molecular formula is C19H21NO4. The van der Waals surface area contributed by atoms with Crippen LogP contribution in [0.4, 0.5) is 0 Å². The Morgan fingerprint density at radius 2 is 2.00 bits per heavy atom. The SMILES string of the molecule is COc1ccc(C[C@@]2(CCC(=O)O)CCC(=O)N2)c2ccccc12. The van der Waals surface area contributed by atoms with Crippen LogP contribution >= 0.6 is 0 Å². The van der Waals surface area contributed by atoms with Crippen LogP contribution in [0.1, 0.15) is 31.2 Å². The van der Waals surface area contributed by atoms with Gasteiger partial charge in [-0.3, -0.25) is 9.59 Å². The van der Waals surface area contributed by atoms with Crippen molar-refractivity contribution in [2.45, 2.75) is 37.6 Å². The first kappa shape index (κ1) is 16.3.